The van der Waals surface area contributed by atoms with Crippen LogP contribution in [0, 0.1) is 5.92 Å². The Morgan fingerprint density at radius 2 is 1.82 bits per heavy atom. The first-order chi connectivity index (χ1) is 16.5. The molecule has 182 valence electrons. The molecule has 0 saturated heterocycles. The lowest BCUT2D eigenvalue weighted by atomic mass is 9.92. The Bertz CT molecular complexity index is 949. The molecule has 2 amide bonds. The number of ether oxygens (including phenoxy) is 1. The molecule has 0 spiro atoms. The van der Waals surface area contributed by atoms with Crippen LogP contribution in [0.3, 0.4) is 0 Å². The second-order valence-electron chi connectivity index (χ2n) is 8.65. The molecule has 0 radical (unpaired) electrons. The topological polar surface area (TPSA) is 99.1 Å². The van der Waals surface area contributed by atoms with Crippen LogP contribution < -0.4 is 5.32 Å². The van der Waals surface area contributed by atoms with Gasteiger partial charge in [0.2, 0.25) is 11.8 Å². The number of hydrogen-bond acceptors (Lipinski definition) is 5. The van der Waals surface area contributed by atoms with Crippen molar-refractivity contribution in [3.8, 4) is 0 Å². The summed E-state index contributed by atoms with van der Waals surface area (Å²) in [6, 6.07) is 16.6. The standard InChI is InChI=1S/C27H34N2O5/c1-2-8-22(27(33)28-24(16-30)19-34-18-20-9-4-3-5-10-20)14-26(32)29-15-23-12-7-6-11-21(23)13-25(29)17-31/h2-7,9-12,22,24-25,30-31H,1,8,13-19H2,(H,28,33). The third-order valence-electron chi connectivity index (χ3n) is 6.13. The maximum Gasteiger partial charge on any atom is 0.224 e. The Kier molecular flexibility index (Phi) is 9.82. The second kappa shape index (κ2) is 13.0. The fourth-order valence-corrected chi connectivity index (χ4v) is 4.21. The maximum atomic E-state index is 13.2. The molecule has 2 aromatic carbocycles. The Morgan fingerprint density at radius 1 is 1.12 bits per heavy atom. The van der Waals surface area contributed by atoms with Crippen molar-refractivity contribution in [2.75, 3.05) is 19.8 Å². The zero-order valence-electron chi connectivity index (χ0n) is 19.4. The monoisotopic (exact) mass is 466 g/mol. The maximum absolute atomic E-state index is 13.2. The number of carbonyl (C=O) groups is 2. The van der Waals surface area contributed by atoms with E-state index < -0.39 is 12.0 Å². The molecule has 34 heavy (non-hydrogen) atoms. The molecule has 3 N–H and O–H groups in total. The Hall–Kier alpha value is -3.00. The summed E-state index contributed by atoms with van der Waals surface area (Å²) in [5.41, 5.74) is 3.19. The van der Waals surface area contributed by atoms with Gasteiger partial charge >= 0.3 is 0 Å². The zero-order chi connectivity index (χ0) is 24.3. The van der Waals surface area contributed by atoms with Gasteiger partial charge in [-0.1, -0.05) is 60.7 Å². The van der Waals surface area contributed by atoms with Crippen molar-refractivity contribution in [2.45, 2.75) is 44.5 Å². The van der Waals surface area contributed by atoms with Gasteiger partial charge in [-0.05, 0) is 29.5 Å². The van der Waals surface area contributed by atoms with Crippen LogP contribution in [0.15, 0.2) is 67.3 Å². The van der Waals surface area contributed by atoms with E-state index in [0.29, 0.717) is 26.0 Å². The summed E-state index contributed by atoms with van der Waals surface area (Å²) in [4.78, 5) is 27.8. The fraction of sp³-hybridized carbons (Fsp3) is 0.407. The molecular weight excluding hydrogens is 432 g/mol. The third kappa shape index (κ3) is 7.00. The predicted octanol–water partition coefficient (Wildman–Crippen LogP) is 2.21. The Morgan fingerprint density at radius 3 is 2.50 bits per heavy atom. The highest BCUT2D eigenvalue weighted by Crippen LogP contribution is 2.25. The molecule has 0 aliphatic carbocycles. The van der Waals surface area contributed by atoms with E-state index in [9.17, 15) is 19.8 Å². The molecule has 3 rings (SSSR count). The van der Waals surface area contributed by atoms with E-state index in [1.165, 1.54) is 0 Å². The van der Waals surface area contributed by atoms with Crippen molar-refractivity contribution in [3.63, 3.8) is 0 Å². The van der Waals surface area contributed by atoms with Crippen molar-refractivity contribution in [1.82, 2.24) is 10.2 Å². The first kappa shape index (κ1) is 25.6. The normalized spacial score (nSPS) is 16.9. The summed E-state index contributed by atoms with van der Waals surface area (Å²) in [6.45, 7) is 4.26. The highest BCUT2D eigenvalue weighted by atomic mass is 16.5. The van der Waals surface area contributed by atoms with Crippen LogP contribution in [0.1, 0.15) is 29.5 Å². The van der Waals surface area contributed by atoms with Crippen molar-refractivity contribution in [1.29, 1.82) is 0 Å². The van der Waals surface area contributed by atoms with Crippen molar-refractivity contribution < 1.29 is 24.5 Å². The molecular formula is C27H34N2O5. The minimum atomic E-state index is -0.621. The van der Waals surface area contributed by atoms with Crippen LogP contribution in [0.25, 0.3) is 0 Å². The summed E-state index contributed by atoms with van der Waals surface area (Å²) in [5, 5.41) is 22.4. The summed E-state index contributed by atoms with van der Waals surface area (Å²) >= 11 is 0. The SMILES string of the molecule is C=CCC(CC(=O)N1Cc2ccccc2CC1CO)C(=O)NC(CO)COCc1ccccc1. The molecule has 3 atom stereocenters. The number of nitrogens with zero attached hydrogens (tertiary/aromatic N) is 1. The molecule has 1 aliphatic rings. The average Bonchev–Trinajstić information content (AvgIpc) is 2.87. The smallest absolute Gasteiger partial charge is 0.224 e. The van der Waals surface area contributed by atoms with E-state index in [1.54, 1.807) is 11.0 Å². The van der Waals surface area contributed by atoms with Gasteiger partial charge < -0.3 is 25.2 Å². The predicted molar refractivity (Wildman–Crippen MR) is 130 cm³/mol. The lowest BCUT2D eigenvalue weighted by Gasteiger charge is -2.36. The number of hydrogen-bond donors (Lipinski definition) is 3. The number of benzene rings is 2. The molecule has 7 heteroatoms. The van der Waals surface area contributed by atoms with Crippen LogP contribution in [-0.4, -0.2) is 58.8 Å². The van der Waals surface area contributed by atoms with Crippen LogP contribution in [0.4, 0.5) is 0 Å². The van der Waals surface area contributed by atoms with Crippen molar-refractivity contribution >= 4 is 11.8 Å². The van der Waals surface area contributed by atoms with E-state index in [-0.39, 0.29) is 44.1 Å². The van der Waals surface area contributed by atoms with E-state index >= 15 is 0 Å². The van der Waals surface area contributed by atoms with Gasteiger partial charge in [0.25, 0.3) is 0 Å². The fourth-order valence-electron chi connectivity index (χ4n) is 4.21. The number of rotatable bonds is 12. The number of amides is 2. The first-order valence-electron chi connectivity index (χ1n) is 11.7. The lowest BCUT2D eigenvalue weighted by molar-refractivity contribution is -0.140. The average molecular weight is 467 g/mol. The van der Waals surface area contributed by atoms with Crippen LogP contribution >= 0.6 is 0 Å². The Balaban J connectivity index is 1.57. The van der Waals surface area contributed by atoms with Crippen molar-refractivity contribution in [3.05, 3.63) is 83.9 Å². The minimum absolute atomic E-state index is 0.000455. The molecule has 0 saturated carbocycles. The molecule has 2 aromatic rings. The van der Waals surface area contributed by atoms with Gasteiger partial charge in [-0.3, -0.25) is 9.59 Å². The van der Waals surface area contributed by atoms with Crippen LogP contribution in [-0.2, 0) is 33.9 Å². The van der Waals surface area contributed by atoms with E-state index in [4.69, 9.17) is 4.74 Å². The van der Waals surface area contributed by atoms with Gasteiger partial charge in [-0.2, -0.15) is 0 Å². The quantitative estimate of drug-likeness (QED) is 0.417. The van der Waals surface area contributed by atoms with Gasteiger partial charge in [-0.25, -0.2) is 0 Å². The highest BCUT2D eigenvalue weighted by Gasteiger charge is 2.32. The van der Waals surface area contributed by atoms with Crippen molar-refractivity contribution in [2.24, 2.45) is 5.92 Å². The summed E-state index contributed by atoms with van der Waals surface area (Å²) in [7, 11) is 0. The first-order valence-corrected chi connectivity index (χ1v) is 11.7. The zero-order valence-corrected chi connectivity index (χ0v) is 19.4. The van der Waals surface area contributed by atoms with Gasteiger partial charge in [0.15, 0.2) is 0 Å². The van der Waals surface area contributed by atoms with E-state index in [1.807, 2.05) is 54.6 Å². The van der Waals surface area contributed by atoms with Crippen LogP contribution in [0.5, 0.6) is 0 Å². The molecule has 0 bridgehead atoms. The molecule has 0 fully saturated rings. The van der Waals surface area contributed by atoms with Crippen LogP contribution in [0.2, 0.25) is 0 Å². The lowest BCUT2D eigenvalue weighted by Crippen LogP contribution is -2.48. The molecule has 7 nitrogen and oxygen atoms in total. The van der Waals surface area contributed by atoms with Gasteiger partial charge in [0.05, 0.1) is 44.4 Å². The van der Waals surface area contributed by atoms with Gasteiger partial charge in [-0.15, -0.1) is 6.58 Å². The number of fused-ring (bicyclic) bond motifs is 1. The number of aliphatic hydroxyl groups excluding tert-OH is 2. The molecule has 0 aromatic heterocycles. The number of aliphatic hydroxyl groups is 2. The third-order valence-corrected chi connectivity index (χ3v) is 6.13. The number of carbonyl (C=O) groups excluding carboxylic acids is 2. The number of allylic oxidation sites excluding steroid dienone is 1. The van der Waals surface area contributed by atoms with Gasteiger partial charge in [0.1, 0.15) is 0 Å². The number of nitrogens with one attached hydrogen (secondary N) is 1. The van der Waals surface area contributed by atoms with Gasteiger partial charge in [0, 0.05) is 13.0 Å². The molecule has 3 unspecified atom stereocenters. The summed E-state index contributed by atoms with van der Waals surface area (Å²) in [6.07, 6.45) is 2.53. The largest absolute Gasteiger partial charge is 0.394 e. The molecule has 1 aliphatic heterocycles. The van der Waals surface area contributed by atoms with E-state index in [0.717, 1.165) is 16.7 Å². The van der Waals surface area contributed by atoms with E-state index in [2.05, 4.69) is 11.9 Å². The summed E-state index contributed by atoms with van der Waals surface area (Å²) in [5.74, 6) is -1.13. The molecule has 1 heterocycles. The Labute approximate surface area is 201 Å². The second-order valence-corrected chi connectivity index (χ2v) is 8.65. The minimum Gasteiger partial charge on any atom is -0.394 e. The highest BCUT2D eigenvalue weighted by molar-refractivity contribution is 5.86. The summed E-state index contributed by atoms with van der Waals surface area (Å²) < 4.78 is 5.65.